The molecule has 30 heavy (non-hydrogen) atoms. The highest BCUT2D eigenvalue weighted by Crippen LogP contribution is 2.87. The lowest BCUT2D eigenvalue weighted by Gasteiger charge is -2.33. The van der Waals surface area contributed by atoms with Gasteiger partial charge in [-0.2, -0.15) is 0 Å². The number of allylic oxidation sites excluding steroid dienone is 7. The van der Waals surface area contributed by atoms with E-state index in [1.54, 1.807) is 21.8 Å². The number of hydrogen-bond acceptors (Lipinski definition) is 0. The molecule has 6 atom stereocenters. The van der Waals surface area contributed by atoms with E-state index in [9.17, 15) is 0 Å². The first kappa shape index (κ1) is 23.9. The van der Waals surface area contributed by atoms with E-state index in [4.69, 9.17) is 0 Å². The quantitative estimate of drug-likeness (QED) is 0.313. The van der Waals surface area contributed by atoms with Gasteiger partial charge in [-0.3, -0.25) is 0 Å². The highest BCUT2D eigenvalue weighted by molar-refractivity contribution is 7.85. The highest BCUT2D eigenvalue weighted by atomic mass is 31.2. The Hall–Kier alpha value is 0.760. The smallest absolute Gasteiger partial charge is 0.107 e. The minimum Gasteiger partial charge on any atom is -0.107 e. The summed E-state index contributed by atoms with van der Waals surface area (Å²) in [6.45, 7) is 19.8. The molecule has 6 heteroatoms. The monoisotopic (exact) mass is 510 g/mol. The van der Waals surface area contributed by atoms with Crippen LogP contribution in [0.5, 0.6) is 0 Å². The SMILES string of the molecule is C=PCC1=C([P+](=C)C)C2(C)CP1C(C1=C(C)C3(C)CP1C([P+](=C)C)=C3P(C)C)=C2C. The van der Waals surface area contributed by atoms with Crippen molar-refractivity contribution in [3.05, 3.63) is 42.8 Å². The van der Waals surface area contributed by atoms with Crippen molar-refractivity contribution in [2.75, 3.05) is 45.1 Å². The van der Waals surface area contributed by atoms with Crippen LogP contribution in [0.4, 0.5) is 0 Å². The highest BCUT2D eigenvalue weighted by Gasteiger charge is 2.61. The molecule has 0 aromatic heterocycles. The molecular formula is C24H36P6+2. The second kappa shape index (κ2) is 7.92. The summed E-state index contributed by atoms with van der Waals surface area (Å²) in [6.07, 6.45) is 17.3. The molecule has 0 aromatic carbocycles. The Kier molecular flexibility index (Phi) is 6.31. The van der Waals surface area contributed by atoms with Gasteiger partial charge >= 0.3 is 0 Å². The summed E-state index contributed by atoms with van der Waals surface area (Å²) in [7, 11) is 0.329. The average molecular weight is 510 g/mol. The van der Waals surface area contributed by atoms with Crippen LogP contribution >= 0.6 is 47.1 Å². The zero-order valence-electron chi connectivity index (χ0n) is 19.9. The molecule has 4 rings (SSSR count). The zero-order chi connectivity index (χ0) is 22.3. The number of fused-ring (bicyclic) bond motifs is 4. The minimum atomic E-state index is -0.281. The van der Waals surface area contributed by atoms with Crippen molar-refractivity contribution in [1.29, 1.82) is 0 Å². The molecule has 4 aliphatic rings. The third-order valence-corrected chi connectivity index (χ3v) is 20.8. The van der Waals surface area contributed by atoms with Gasteiger partial charge in [0.25, 0.3) is 0 Å². The van der Waals surface area contributed by atoms with E-state index in [1.807, 2.05) is 21.0 Å². The molecule has 4 heterocycles. The van der Waals surface area contributed by atoms with Crippen LogP contribution in [0.25, 0.3) is 0 Å². The summed E-state index contributed by atoms with van der Waals surface area (Å²) in [5, 5.41) is 10.8. The van der Waals surface area contributed by atoms with Crippen LogP contribution in [0.3, 0.4) is 0 Å². The fourth-order valence-corrected chi connectivity index (χ4v) is 24.1. The van der Waals surface area contributed by atoms with Gasteiger partial charge in [0.1, 0.15) is 33.7 Å². The first-order valence-corrected chi connectivity index (χ1v) is 21.1. The molecule has 160 valence electrons. The lowest BCUT2D eigenvalue weighted by Crippen LogP contribution is -2.20. The molecule has 0 spiro atoms. The van der Waals surface area contributed by atoms with E-state index in [0.29, 0.717) is 5.41 Å². The summed E-state index contributed by atoms with van der Waals surface area (Å²) in [4.78, 5) is 0. The Labute approximate surface area is 192 Å². The third kappa shape index (κ3) is 3.01. The van der Waals surface area contributed by atoms with E-state index in [-0.39, 0.29) is 44.3 Å². The molecule has 4 aliphatic heterocycles. The fourth-order valence-electron chi connectivity index (χ4n) is 6.29. The van der Waals surface area contributed by atoms with Crippen LogP contribution in [-0.2, 0) is 0 Å². The number of rotatable bonds is 6. The van der Waals surface area contributed by atoms with E-state index >= 15 is 0 Å². The van der Waals surface area contributed by atoms with Crippen molar-refractivity contribution in [2.45, 2.75) is 27.7 Å². The topological polar surface area (TPSA) is 0 Å². The fraction of sp³-hybridized carbons (Fsp3) is 0.542. The van der Waals surface area contributed by atoms with Crippen LogP contribution in [-0.4, -0.2) is 64.0 Å². The van der Waals surface area contributed by atoms with Crippen LogP contribution in [0.1, 0.15) is 27.7 Å². The van der Waals surface area contributed by atoms with Crippen molar-refractivity contribution < 1.29 is 0 Å². The summed E-state index contributed by atoms with van der Waals surface area (Å²) in [5.41, 5.74) is 4.02. The Bertz CT molecular complexity index is 1040. The molecule has 0 fully saturated rings. The standard InChI is InChI=1S/C24H36P6/c1-15-18(29-13-23(15,3)20(26(6)7)17(29)12-25-5)19-16(2)24(4)14-30(19)22(28(10)11)21(24)27(8)9/h5-6,10,12-14H2,1-4,7-9,11H3/q+2. The van der Waals surface area contributed by atoms with Crippen molar-refractivity contribution >= 4 is 66.0 Å². The maximum absolute atomic E-state index is 4.63. The van der Waals surface area contributed by atoms with Crippen molar-refractivity contribution in [3.63, 3.8) is 0 Å². The van der Waals surface area contributed by atoms with Gasteiger partial charge in [0, 0.05) is 30.1 Å². The molecule has 0 N–H and O–H groups in total. The second-order valence-electron chi connectivity index (χ2n) is 9.92. The molecule has 0 amide bonds. The number of hydrogen-bond donors (Lipinski definition) is 0. The maximum Gasteiger partial charge on any atom is 0.154 e. The van der Waals surface area contributed by atoms with E-state index in [2.05, 4.69) is 73.3 Å². The van der Waals surface area contributed by atoms with Crippen LogP contribution in [0.15, 0.2) is 42.8 Å². The van der Waals surface area contributed by atoms with Gasteiger partial charge in [-0.25, -0.2) is 0 Å². The maximum atomic E-state index is 4.63. The Balaban J connectivity index is 1.91. The van der Waals surface area contributed by atoms with Gasteiger partial charge in [-0.15, -0.1) is 8.20 Å². The van der Waals surface area contributed by atoms with Gasteiger partial charge < -0.3 is 0 Å². The lowest BCUT2D eigenvalue weighted by atomic mass is 9.81. The molecule has 0 nitrogen and oxygen atoms in total. The molecule has 4 bridgehead atoms. The van der Waals surface area contributed by atoms with Crippen molar-refractivity contribution in [2.24, 2.45) is 10.8 Å². The molecule has 0 saturated heterocycles. The molecule has 6 unspecified atom stereocenters. The Morgan fingerprint density at radius 2 is 1.50 bits per heavy atom. The van der Waals surface area contributed by atoms with Gasteiger partial charge in [-0.05, 0) is 65.0 Å². The average Bonchev–Trinajstić information content (AvgIpc) is 3.26. The summed E-state index contributed by atoms with van der Waals surface area (Å²) < 4.78 is 0. The largest absolute Gasteiger partial charge is 0.154 e. The third-order valence-electron chi connectivity index (χ3n) is 7.64. The van der Waals surface area contributed by atoms with Gasteiger partial charge in [0.05, 0.1) is 18.0 Å². The van der Waals surface area contributed by atoms with Gasteiger partial charge in [0.2, 0.25) is 0 Å². The predicted molar refractivity (Wildman–Crippen MR) is 157 cm³/mol. The predicted octanol–water partition coefficient (Wildman–Crippen LogP) is 9.15. The van der Waals surface area contributed by atoms with Gasteiger partial charge in [0.15, 0.2) is 5.06 Å². The Morgan fingerprint density at radius 1 is 0.967 bits per heavy atom. The second-order valence-corrected chi connectivity index (χ2v) is 21.2. The normalized spacial score (nSPS) is 36.4. The minimum absolute atomic E-state index is 0.0493. The van der Waals surface area contributed by atoms with Crippen molar-refractivity contribution in [1.82, 2.24) is 0 Å². The summed E-state index contributed by atoms with van der Waals surface area (Å²) >= 11 is 0. The first-order chi connectivity index (χ1) is 13.9. The van der Waals surface area contributed by atoms with Crippen molar-refractivity contribution in [3.8, 4) is 0 Å². The van der Waals surface area contributed by atoms with E-state index < -0.39 is 0 Å². The molecule has 0 saturated carbocycles. The zero-order valence-corrected chi connectivity index (χ0v) is 25.3. The van der Waals surface area contributed by atoms with Crippen LogP contribution < -0.4 is 0 Å². The first-order valence-electron chi connectivity index (χ1n) is 10.6. The van der Waals surface area contributed by atoms with Crippen LogP contribution in [0, 0.1) is 10.8 Å². The summed E-state index contributed by atoms with van der Waals surface area (Å²) in [5.74, 6) is 0. The molecule has 0 aromatic rings. The lowest BCUT2D eigenvalue weighted by molar-refractivity contribution is 0.587. The van der Waals surface area contributed by atoms with Gasteiger partial charge in [-0.1, -0.05) is 32.3 Å². The van der Waals surface area contributed by atoms with Crippen LogP contribution in [0.2, 0.25) is 0 Å². The molecule has 0 radical (unpaired) electrons. The molecule has 0 aliphatic carbocycles. The molecular weight excluding hydrogens is 474 g/mol. The van der Waals surface area contributed by atoms with E-state index in [0.717, 1.165) is 6.16 Å². The Morgan fingerprint density at radius 3 is 2.00 bits per heavy atom. The van der Waals surface area contributed by atoms with E-state index in [1.165, 1.54) is 20.5 Å². The summed E-state index contributed by atoms with van der Waals surface area (Å²) in [6, 6.07) is 0.